The van der Waals surface area contributed by atoms with Crippen LogP contribution in [0.25, 0.3) is 0 Å². The molecule has 92 valence electrons. The Balaban J connectivity index is 2.26. The third-order valence-electron chi connectivity index (χ3n) is 2.94. The van der Waals surface area contributed by atoms with Crippen LogP contribution in [0.1, 0.15) is 23.2 Å². The fourth-order valence-corrected chi connectivity index (χ4v) is 2.01. The Morgan fingerprint density at radius 2 is 1.88 bits per heavy atom. The number of piperidine rings is 1. The highest BCUT2D eigenvalue weighted by Crippen LogP contribution is 2.20. The number of carbonyl (C=O) groups excluding carboxylic acids is 1. The lowest BCUT2D eigenvalue weighted by molar-refractivity contribution is 0.0895. The molecular formula is C12H12F3NO. The van der Waals surface area contributed by atoms with Gasteiger partial charge in [-0.05, 0) is 25.5 Å². The summed E-state index contributed by atoms with van der Waals surface area (Å²) in [6.45, 7) is 1.28. The summed E-state index contributed by atoms with van der Waals surface area (Å²) in [4.78, 5) is 11.9. The number of halogens is 3. The summed E-state index contributed by atoms with van der Waals surface area (Å²) in [6, 6.07) is 1.06. The topological polar surface area (TPSA) is 29.1 Å². The summed E-state index contributed by atoms with van der Waals surface area (Å²) in [7, 11) is 0. The molecule has 2 rings (SSSR count). The fraction of sp³-hybridized carbons (Fsp3) is 0.417. The summed E-state index contributed by atoms with van der Waals surface area (Å²) in [6.07, 6.45) is 1.46. The van der Waals surface area contributed by atoms with Crippen molar-refractivity contribution in [1.29, 1.82) is 0 Å². The molecule has 0 amide bonds. The first-order valence-electron chi connectivity index (χ1n) is 5.49. The average molecular weight is 243 g/mol. The second-order valence-electron chi connectivity index (χ2n) is 4.15. The van der Waals surface area contributed by atoms with Crippen molar-refractivity contribution in [2.75, 3.05) is 13.1 Å². The van der Waals surface area contributed by atoms with Gasteiger partial charge in [-0.25, -0.2) is 13.2 Å². The lowest BCUT2D eigenvalue weighted by atomic mass is 9.90. The molecule has 1 N–H and O–H groups in total. The Kier molecular flexibility index (Phi) is 3.47. The van der Waals surface area contributed by atoms with E-state index in [2.05, 4.69) is 5.32 Å². The van der Waals surface area contributed by atoms with Gasteiger partial charge in [0.2, 0.25) is 0 Å². The second-order valence-corrected chi connectivity index (χ2v) is 4.15. The molecule has 1 unspecified atom stereocenters. The number of hydrogen-bond acceptors (Lipinski definition) is 2. The zero-order valence-electron chi connectivity index (χ0n) is 9.10. The van der Waals surface area contributed by atoms with E-state index in [1.807, 2.05) is 0 Å². The van der Waals surface area contributed by atoms with Gasteiger partial charge in [-0.2, -0.15) is 0 Å². The predicted octanol–water partition coefficient (Wildman–Crippen LogP) is 2.29. The van der Waals surface area contributed by atoms with Gasteiger partial charge < -0.3 is 5.32 Å². The van der Waals surface area contributed by atoms with E-state index < -0.39 is 23.2 Å². The monoisotopic (exact) mass is 243 g/mol. The minimum Gasteiger partial charge on any atom is -0.316 e. The molecule has 17 heavy (non-hydrogen) atoms. The number of Topliss-reactive ketones (excluding diaryl/α,β-unsaturated/α-hetero) is 1. The van der Waals surface area contributed by atoms with E-state index in [0.29, 0.717) is 25.1 Å². The van der Waals surface area contributed by atoms with Gasteiger partial charge in [-0.1, -0.05) is 0 Å². The molecule has 0 aromatic heterocycles. The molecule has 1 aromatic carbocycles. The number of nitrogens with one attached hydrogen (secondary N) is 1. The van der Waals surface area contributed by atoms with Gasteiger partial charge in [0.15, 0.2) is 17.4 Å². The van der Waals surface area contributed by atoms with Gasteiger partial charge >= 0.3 is 0 Å². The standard InChI is InChI=1S/C12H12F3NO/c13-9-5-11(15)10(14)4-8(9)12(17)7-2-1-3-16-6-7/h4-5,7,16H,1-3,6H2. The van der Waals surface area contributed by atoms with Crippen LogP contribution in [0, 0.1) is 23.4 Å². The van der Waals surface area contributed by atoms with Crippen molar-refractivity contribution in [2.45, 2.75) is 12.8 Å². The molecule has 0 aliphatic carbocycles. The largest absolute Gasteiger partial charge is 0.316 e. The van der Waals surface area contributed by atoms with Gasteiger partial charge in [0.1, 0.15) is 5.82 Å². The normalized spacial score (nSPS) is 20.3. The quantitative estimate of drug-likeness (QED) is 0.637. The molecule has 1 aliphatic rings. The second kappa shape index (κ2) is 4.87. The summed E-state index contributed by atoms with van der Waals surface area (Å²) in [5, 5.41) is 3.02. The molecular weight excluding hydrogens is 231 g/mol. The van der Waals surface area contributed by atoms with E-state index in [1.165, 1.54) is 0 Å². The molecule has 1 aliphatic heterocycles. The van der Waals surface area contributed by atoms with Gasteiger partial charge in [-0.3, -0.25) is 4.79 Å². The number of hydrogen-bond donors (Lipinski definition) is 1. The van der Waals surface area contributed by atoms with Gasteiger partial charge in [0.05, 0.1) is 5.56 Å². The third-order valence-corrected chi connectivity index (χ3v) is 2.94. The Hall–Kier alpha value is -1.36. The van der Waals surface area contributed by atoms with Crippen molar-refractivity contribution in [1.82, 2.24) is 5.32 Å². The molecule has 2 nitrogen and oxygen atoms in total. The van der Waals surface area contributed by atoms with Crippen molar-refractivity contribution in [3.63, 3.8) is 0 Å². The Morgan fingerprint density at radius 3 is 2.53 bits per heavy atom. The van der Waals surface area contributed by atoms with Crippen molar-refractivity contribution >= 4 is 5.78 Å². The average Bonchev–Trinajstić information content (AvgIpc) is 2.34. The maximum Gasteiger partial charge on any atom is 0.170 e. The van der Waals surface area contributed by atoms with Crippen LogP contribution in [0.5, 0.6) is 0 Å². The first-order chi connectivity index (χ1) is 8.09. The van der Waals surface area contributed by atoms with E-state index in [0.717, 1.165) is 13.0 Å². The van der Waals surface area contributed by atoms with Crippen molar-refractivity contribution in [3.05, 3.63) is 35.1 Å². The Labute approximate surface area is 96.8 Å². The van der Waals surface area contributed by atoms with Crippen molar-refractivity contribution < 1.29 is 18.0 Å². The highest BCUT2D eigenvalue weighted by Gasteiger charge is 2.25. The molecule has 0 bridgehead atoms. The zero-order valence-corrected chi connectivity index (χ0v) is 9.10. The van der Waals surface area contributed by atoms with Crippen LogP contribution in [0.4, 0.5) is 13.2 Å². The minimum absolute atomic E-state index is 0.358. The van der Waals surface area contributed by atoms with E-state index in [4.69, 9.17) is 0 Å². The smallest absolute Gasteiger partial charge is 0.170 e. The van der Waals surface area contributed by atoms with Gasteiger partial charge in [-0.15, -0.1) is 0 Å². The van der Waals surface area contributed by atoms with E-state index in [9.17, 15) is 18.0 Å². The maximum absolute atomic E-state index is 13.4. The molecule has 1 heterocycles. The highest BCUT2D eigenvalue weighted by molar-refractivity contribution is 5.98. The summed E-state index contributed by atoms with van der Waals surface area (Å²) in [5.74, 6) is -4.30. The van der Waals surface area contributed by atoms with Crippen LogP contribution in [-0.4, -0.2) is 18.9 Å². The minimum atomic E-state index is -1.28. The highest BCUT2D eigenvalue weighted by atomic mass is 19.2. The van der Waals surface area contributed by atoms with Gasteiger partial charge in [0, 0.05) is 18.5 Å². The number of ketones is 1. The van der Waals surface area contributed by atoms with Crippen LogP contribution in [0.15, 0.2) is 12.1 Å². The molecule has 1 aromatic rings. The lowest BCUT2D eigenvalue weighted by Gasteiger charge is -2.21. The molecule has 1 saturated heterocycles. The third kappa shape index (κ3) is 2.49. The van der Waals surface area contributed by atoms with Gasteiger partial charge in [0.25, 0.3) is 0 Å². The summed E-state index contributed by atoms with van der Waals surface area (Å²) >= 11 is 0. The molecule has 0 spiro atoms. The number of carbonyl (C=O) groups is 1. The first-order valence-corrected chi connectivity index (χ1v) is 5.49. The molecule has 0 saturated carbocycles. The SMILES string of the molecule is O=C(c1cc(F)c(F)cc1F)C1CCCNC1. The van der Waals surface area contributed by atoms with Crippen LogP contribution >= 0.6 is 0 Å². The Morgan fingerprint density at radius 1 is 1.18 bits per heavy atom. The Bertz CT molecular complexity index is 442. The number of benzene rings is 1. The molecule has 1 atom stereocenters. The van der Waals surface area contributed by atoms with Crippen LogP contribution in [-0.2, 0) is 0 Å². The van der Waals surface area contributed by atoms with Crippen molar-refractivity contribution in [2.24, 2.45) is 5.92 Å². The lowest BCUT2D eigenvalue weighted by Crippen LogP contribution is -2.34. The summed E-state index contributed by atoms with van der Waals surface area (Å²) in [5.41, 5.74) is -0.363. The maximum atomic E-state index is 13.4. The fourth-order valence-electron chi connectivity index (χ4n) is 2.01. The first kappa shape index (κ1) is 12.1. The zero-order chi connectivity index (χ0) is 12.4. The summed E-state index contributed by atoms with van der Waals surface area (Å²) < 4.78 is 39.1. The van der Waals surface area contributed by atoms with Crippen molar-refractivity contribution in [3.8, 4) is 0 Å². The van der Waals surface area contributed by atoms with E-state index >= 15 is 0 Å². The van der Waals surface area contributed by atoms with E-state index in [1.54, 1.807) is 0 Å². The predicted molar refractivity (Wildman–Crippen MR) is 56.2 cm³/mol. The molecule has 0 radical (unpaired) electrons. The van der Waals surface area contributed by atoms with Crippen LogP contribution in [0.3, 0.4) is 0 Å². The van der Waals surface area contributed by atoms with E-state index in [-0.39, 0.29) is 11.5 Å². The van der Waals surface area contributed by atoms with Crippen LogP contribution in [0.2, 0.25) is 0 Å². The van der Waals surface area contributed by atoms with Crippen LogP contribution < -0.4 is 5.32 Å². The number of rotatable bonds is 2. The molecule has 5 heteroatoms. The molecule has 1 fully saturated rings.